The summed E-state index contributed by atoms with van der Waals surface area (Å²) in [5.41, 5.74) is 4.76. The van der Waals surface area contributed by atoms with Crippen LogP contribution in [0.1, 0.15) is 45.4 Å². The lowest BCUT2D eigenvalue weighted by molar-refractivity contribution is -0.122. The highest BCUT2D eigenvalue weighted by atomic mass is 19.1. The fourth-order valence-electron chi connectivity index (χ4n) is 1.07. The molecule has 0 fully saturated rings. The molecular formula is C9H18FNO. The van der Waals surface area contributed by atoms with Crippen molar-refractivity contribution >= 4 is 5.91 Å². The summed E-state index contributed by atoms with van der Waals surface area (Å²) in [7, 11) is 0. The smallest absolute Gasteiger partial charge is 0.251 e. The predicted molar refractivity (Wildman–Crippen MR) is 47.5 cm³/mol. The lowest BCUT2D eigenvalue weighted by atomic mass is 10.1. The maximum Gasteiger partial charge on any atom is 0.251 e. The summed E-state index contributed by atoms with van der Waals surface area (Å²) in [5.74, 6) is -0.828. The molecule has 2 nitrogen and oxygen atoms in total. The maximum absolute atomic E-state index is 12.6. The van der Waals surface area contributed by atoms with Crippen LogP contribution in [0, 0.1) is 0 Å². The molecule has 1 atom stereocenters. The number of carbonyl (C=O) groups is 1. The molecule has 0 heterocycles. The molecule has 0 saturated heterocycles. The minimum Gasteiger partial charge on any atom is -0.367 e. The van der Waals surface area contributed by atoms with Crippen molar-refractivity contribution in [2.75, 3.05) is 0 Å². The quantitative estimate of drug-likeness (QED) is 0.592. The predicted octanol–water partition coefficient (Wildman–Crippen LogP) is 2.17. The number of hydrogen-bond donors (Lipinski definition) is 1. The monoisotopic (exact) mass is 175 g/mol. The van der Waals surface area contributed by atoms with Crippen molar-refractivity contribution in [2.45, 2.75) is 51.6 Å². The summed E-state index contributed by atoms with van der Waals surface area (Å²) in [5, 5.41) is 0. The normalized spacial score (nSPS) is 12.8. The summed E-state index contributed by atoms with van der Waals surface area (Å²) in [4.78, 5) is 10.3. The first-order valence-corrected chi connectivity index (χ1v) is 4.62. The van der Waals surface area contributed by atoms with Crippen LogP contribution in [0.25, 0.3) is 0 Å². The molecule has 72 valence electrons. The molecule has 1 amide bonds. The molecular weight excluding hydrogens is 157 g/mol. The van der Waals surface area contributed by atoms with Crippen LogP contribution < -0.4 is 5.73 Å². The zero-order valence-electron chi connectivity index (χ0n) is 7.68. The Morgan fingerprint density at radius 3 is 2.42 bits per heavy atom. The van der Waals surface area contributed by atoms with E-state index in [1.54, 1.807) is 0 Å². The number of alkyl halides is 1. The van der Waals surface area contributed by atoms with Crippen LogP contribution in [-0.4, -0.2) is 12.1 Å². The molecule has 1 unspecified atom stereocenters. The van der Waals surface area contributed by atoms with Gasteiger partial charge < -0.3 is 5.73 Å². The second kappa shape index (κ2) is 7.07. The molecule has 0 spiro atoms. The molecule has 0 aliphatic heterocycles. The van der Waals surface area contributed by atoms with E-state index in [2.05, 4.69) is 6.92 Å². The van der Waals surface area contributed by atoms with E-state index < -0.39 is 12.1 Å². The number of rotatable bonds is 7. The summed E-state index contributed by atoms with van der Waals surface area (Å²) in [6.45, 7) is 2.13. The minimum atomic E-state index is -1.44. The molecule has 0 aliphatic carbocycles. The van der Waals surface area contributed by atoms with Crippen molar-refractivity contribution in [2.24, 2.45) is 5.73 Å². The van der Waals surface area contributed by atoms with Gasteiger partial charge in [0.05, 0.1) is 0 Å². The van der Waals surface area contributed by atoms with E-state index in [-0.39, 0.29) is 0 Å². The summed E-state index contributed by atoms with van der Waals surface area (Å²) in [6, 6.07) is 0. The van der Waals surface area contributed by atoms with Crippen molar-refractivity contribution in [3.8, 4) is 0 Å². The van der Waals surface area contributed by atoms with Crippen LogP contribution in [-0.2, 0) is 4.79 Å². The van der Waals surface area contributed by atoms with Crippen molar-refractivity contribution in [1.29, 1.82) is 0 Å². The van der Waals surface area contributed by atoms with E-state index >= 15 is 0 Å². The molecule has 2 N–H and O–H groups in total. The second-order valence-electron chi connectivity index (χ2n) is 3.07. The number of halogens is 1. The third-order valence-electron chi connectivity index (χ3n) is 1.87. The standard InChI is InChI=1S/C9H18FNO/c1-2-3-4-5-6-7-8(10)9(11)12/h8H,2-7H2,1H3,(H2,11,12). The Hall–Kier alpha value is -0.600. The number of nitrogens with two attached hydrogens (primary N) is 1. The van der Waals surface area contributed by atoms with Gasteiger partial charge in [-0.2, -0.15) is 0 Å². The molecule has 0 radical (unpaired) electrons. The number of primary amides is 1. The van der Waals surface area contributed by atoms with E-state index in [4.69, 9.17) is 5.73 Å². The van der Waals surface area contributed by atoms with Gasteiger partial charge >= 0.3 is 0 Å². The highest BCUT2D eigenvalue weighted by Gasteiger charge is 2.11. The number of amides is 1. The van der Waals surface area contributed by atoms with E-state index in [1.165, 1.54) is 12.8 Å². The van der Waals surface area contributed by atoms with Crippen LogP contribution in [0.3, 0.4) is 0 Å². The average molecular weight is 175 g/mol. The fraction of sp³-hybridized carbons (Fsp3) is 0.889. The van der Waals surface area contributed by atoms with Gasteiger partial charge in [-0.1, -0.05) is 39.0 Å². The van der Waals surface area contributed by atoms with Crippen LogP contribution in [0.4, 0.5) is 4.39 Å². The lowest BCUT2D eigenvalue weighted by Gasteiger charge is -2.02. The van der Waals surface area contributed by atoms with Crippen molar-refractivity contribution < 1.29 is 9.18 Å². The molecule has 0 saturated carbocycles. The van der Waals surface area contributed by atoms with Crippen molar-refractivity contribution in [3.63, 3.8) is 0 Å². The molecule has 0 aromatic rings. The van der Waals surface area contributed by atoms with Gasteiger partial charge in [0.1, 0.15) is 0 Å². The average Bonchev–Trinajstić information content (AvgIpc) is 2.03. The largest absolute Gasteiger partial charge is 0.367 e. The van der Waals surface area contributed by atoms with Gasteiger partial charge in [0.15, 0.2) is 6.17 Å². The Morgan fingerprint density at radius 1 is 1.33 bits per heavy atom. The highest BCUT2D eigenvalue weighted by molar-refractivity contribution is 5.78. The molecule has 0 aliphatic rings. The molecule has 0 aromatic carbocycles. The second-order valence-corrected chi connectivity index (χ2v) is 3.07. The summed E-state index contributed by atoms with van der Waals surface area (Å²) in [6.07, 6.45) is 4.11. The Morgan fingerprint density at radius 2 is 1.92 bits per heavy atom. The van der Waals surface area contributed by atoms with Gasteiger partial charge in [-0.25, -0.2) is 4.39 Å². The molecule has 0 bridgehead atoms. The Kier molecular flexibility index (Phi) is 6.72. The van der Waals surface area contributed by atoms with Gasteiger partial charge in [0.2, 0.25) is 0 Å². The number of carbonyl (C=O) groups excluding carboxylic acids is 1. The van der Waals surface area contributed by atoms with Gasteiger partial charge in [-0.05, 0) is 6.42 Å². The first kappa shape index (κ1) is 11.4. The summed E-state index contributed by atoms with van der Waals surface area (Å²) < 4.78 is 12.6. The zero-order valence-corrected chi connectivity index (χ0v) is 7.68. The van der Waals surface area contributed by atoms with Crippen LogP contribution in [0.15, 0.2) is 0 Å². The highest BCUT2D eigenvalue weighted by Crippen LogP contribution is 2.08. The van der Waals surface area contributed by atoms with E-state index in [0.717, 1.165) is 19.3 Å². The topological polar surface area (TPSA) is 43.1 Å². The zero-order chi connectivity index (χ0) is 9.40. The molecule has 3 heteroatoms. The third-order valence-corrected chi connectivity index (χ3v) is 1.87. The SMILES string of the molecule is CCCCCCCC(F)C(N)=O. The third kappa shape index (κ3) is 6.13. The van der Waals surface area contributed by atoms with E-state index in [9.17, 15) is 9.18 Å². The van der Waals surface area contributed by atoms with Crippen molar-refractivity contribution in [1.82, 2.24) is 0 Å². The lowest BCUT2D eigenvalue weighted by Crippen LogP contribution is -2.24. The first-order chi connectivity index (χ1) is 5.68. The number of hydrogen-bond acceptors (Lipinski definition) is 1. The van der Waals surface area contributed by atoms with Crippen LogP contribution >= 0.6 is 0 Å². The van der Waals surface area contributed by atoms with E-state index in [0.29, 0.717) is 6.42 Å². The fourth-order valence-corrected chi connectivity index (χ4v) is 1.07. The minimum absolute atomic E-state index is 0.291. The Balaban J connectivity index is 3.14. The van der Waals surface area contributed by atoms with Crippen molar-refractivity contribution in [3.05, 3.63) is 0 Å². The Labute approximate surface area is 73.3 Å². The first-order valence-electron chi connectivity index (χ1n) is 4.62. The molecule has 12 heavy (non-hydrogen) atoms. The van der Waals surface area contributed by atoms with Gasteiger partial charge in [-0.15, -0.1) is 0 Å². The van der Waals surface area contributed by atoms with Crippen LogP contribution in [0.2, 0.25) is 0 Å². The van der Waals surface area contributed by atoms with Gasteiger partial charge in [0.25, 0.3) is 5.91 Å². The molecule has 0 rings (SSSR count). The molecule has 0 aromatic heterocycles. The summed E-state index contributed by atoms with van der Waals surface area (Å²) >= 11 is 0. The maximum atomic E-state index is 12.6. The Bertz CT molecular complexity index is 128. The van der Waals surface area contributed by atoms with Crippen LogP contribution in [0.5, 0.6) is 0 Å². The van der Waals surface area contributed by atoms with Gasteiger partial charge in [0, 0.05) is 0 Å². The van der Waals surface area contributed by atoms with E-state index in [1.807, 2.05) is 0 Å². The number of unbranched alkanes of at least 4 members (excludes halogenated alkanes) is 4. The van der Waals surface area contributed by atoms with Gasteiger partial charge in [-0.3, -0.25) is 4.79 Å².